The number of nitrogens with one attached hydrogen (secondary N) is 1. The van der Waals surface area contributed by atoms with Crippen LogP contribution in [0.25, 0.3) is 0 Å². The van der Waals surface area contributed by atoms with Crippen molar-refractivity contribution in [3.05, 3.63) is 35.9 Å². The fourth-order valence-corrected chi connectivity index (χ4v) is 3.84. The number of sulfonamides is 1. The highest BCUT2D eigenvalue weighted by Gasteiger charge is 2.18. The summed E-state index contributed by atoms with van der Waals surface area (Å²) in [7, 11) is -3.22. The smallest absolute Gasteiger partial charge is 0.212 e. The molecule has 0 bridgehead atoms. The first-order chi connectivity index (χ1) is 8.44. The zero-order chi connectivity index (χ0) is 13.6. The van der Waals surface area contributed by atoms with Crippen molar-refractivity contribution in [1.82, 2.24) is 4.72 Å². The maximum absolute atomic E-state index is 11.9. The molecule has 0 fully saturated rings. The van der Waals surface area contributed by atoms with Gasteiger partial charge in [-0.25, -0.2) is 13.1 Å². The van der Waals surface area contributed by atoms with Gasteiger partial charge >= 0.3 is 0 Å². The Morgan fingerprint density at radius 2 is 1.83 bits per heavy atom. The van der Waals surface area contributed by atoms with E-state index in [0.717, 1.165) is 5.56 Å². The summed E-state index contributed by atoms with van der Waals surface area (Å²) in [5.74, 6) is 0.571. The van der Waals surface area contributed by atoms with E-state index in [2.05, 4.69) is 20.7 Å². The van der Waals surface area contributed by atoms with E-state index in [9.17, 15) is 8.42 Å². The zero-order valence-corrected chi connectivity index (χ0v) is 13.2. The third kappa shape index (κ3) is 5.50. The molecular weight excluding hydrogens is 314 g/mol. The zero-order valence-electron chi connectivity index (χ0n) is 10.8. The second-order valence-corrected chi connectivity index (χ2v) is 7.26. The Labute approximate surface area is 118 Å². The summed E-state index contributed by atoms with van der Waals surface area (Å²) >= 11 is 3.36. The molecule has 0 aliphatic carbocycles. The van der Waals surface area contributed by atoms with Gasteiger partial charge in [-0.05, 0) is 17.9 Å². The van der Waals surface area contributed by atoms with E-state index in [1.165, 1.54) is 0 Å². The fraction of sp³-hybridized carbons (Fsp3) is 0.538. The van der Waals surface area contributed by atoms with E-state index < -0.39 is 10.0 Å². The van der Waals surface area contributed by atoms with Gasteiger partial charge in [-0.1, -0.05) is 60.1 Å². The van der Waals surface area contributed by atoms with Crippen LogP contribution in [0.5, 0.6) is 0 Å². The SMILES string of the molecule is CC(C)CCS(=O)(=O)NC(CBr)c1ccccc1. The van der Waals surface area contributed by atoms with Crippen LogP contribution in [-0.4, -0.2) is 19.5 Å². The van der Waals surface area contributed by atoms with Crippen LogP contribution in [0.15, 0.2) is 30.3 Å². The maximum atomic E-state index is 11.9. The summed E-state index contributed by atoms with van der Waals surface area (Å²) in [4.78, 5) is 0. The van der Waals surface area contributed by atoms with Crippen LogP contribution < -0.4 is 4.72 Å². The lowest BCUT2D eigenvalue weighted by atomic mass is 10.1. The third-order valence-electron chi connectivity index (χ3n) is 2.64. The van der Waals surface area contributed by atoms with Gasteiger partial charge in [0.05, 0.1) is 11.8 Å². The summed E-state index contributed by atoms with van der Waals surface area (Å²) in [5.41, 5.74) is 0.975. The van der Waals surface area contributed by atoms with Gasteiger partial charge in [-0.15, -0.1) is 0 Å². The highest BCUT2D eigenvalue weighted by molar-refractivity contribution is 9.09. The quantitative estimate of drug-likeness (QED) is 0.779. The molecule has 0 aromatic heterocycles. The third-order valence-corrected chi connectivity index (χ3v) is 4.71. The molecule has 0 saturated carbocycles. The lowest BCUT2D eigenvalue weighted by Crippen LogP contribution is -2.32. The molecule has 0 heterocycles. The molecule has 0 amide bonds. The molecule has 1 unspecified atom stereocenters. The minimum Gasteiger partial charge on any atom is -0.212 e. The molecule has 0 spiro atoms. The van der Waals surface area contributed by atoms with Crippen molar-refractivity contribution in [2.75, 3.05) is 11.1 Å². The molecular formula is C13H20BrNO2S. The highest BCUT2D eigenvalue weighted by Crippen LogP contribution is 2.16. The molecule has 102 valence electrons. The van der Waals surface area contributed by atoms with Crippen LogP contribution in [0.3, 0.4) is 0 Å². The van der Waals surface area contributed by atoms with Crippen molar-refractivity contribution in [3.63, 3.8) is 0 Å². The fourth-order valence-electron chi connectivity index (χ4n) is 1.54. The van der Waals surface area contributed by atoms with Crippen LogP contribution in [0, 0.1) is 5.92 Å². The molecule has 1 N–H and O–H groups in total. The number of benzene rings is 1. The standard InChI is InChI=1S/C13H20BrNO2S/c1-11(2)8-9-18(16,17)15-13(10-14)12-6-4-3-5-7-12/h3-7,11,13,15H,8-10H2,1-2H3. The Hall–Kier alpha value is -0.390. The van der Waals surface area contributed by atoms with Crippen LogP contribution in [0.1, 0.15) is 31.9 Å². The molecule has 5 heteroatoms. The molecule has 1 aromatic rings. The summed E-state index contributed by atoms with van der Waals surface area (Å²) < 4.78 is 26.6. The average molecular weight is 334 g/mol. The highest BCUT2D eigenvalue weighted by atomic mass is 79.9. The van der Waals surface area contributed by atoms with Crippen LogP contribution in [0.2, 0.25) is 0 Å². The van der Waals surface area contributed by atoms with Gasteiger partial charge in [0.2, 0.25) is 10.0 Å². The minimum absolute atomic E-state index is 0.182. The lowest BCUT2D eigenvalue weighted by Gasteiger charge is -2.17. The Morgan fingerprint density at radius 1 is 1.22 bits per heavy atom. The Balaban J connectivity index is 2.69. The Kier molecular flexibility index (Phi) is 6.32. The molecule has 0 aliphatic rings. The number of hydrogen-bond acceptors (Lipinski definition) is 2. The van der Waals surface area contributed by atoms with Crippen molar-refractivity contribution in [3.8, 4) is 0 Å². The molecule has 1 rings (SSSR count). The van der Waals surface area contributed by atoms with Crippen molar-refractivity contribution in [2.24, 2.45) is 5.92 Å². The molecule has 0 saturated heterocycles. The first-order valence-corrected chi connectivity index (χ1v) is 8.83. The largest absolute Gasteiger partial charge is 0.212 e. The van der Waals surface area contributed by atoms with Crippen molar-refractivity contribution >= 4 is 26.0 Å². The second kappa shape index (κ2) is 7.26. The van der Waals surface area contributed by atoms with Crippen LogP contribution in [-0.2, 0) is 10.0 Å². The maximum Gasteiger partial charge on any atom is 0.212 e. The van der Waals surface area contributed by atoms with Gasteiger partial charge in [0.15, 0.2) is 0 Å². The van der Waals surface area contributed by atoms with Crippen LogP contribution in [0.4, 0.5) is 0 Å². The van der Waals surface area contributed by atoms with E-state index in [1.807, 2.05) is 44.2 Å². The summed E-state index contributed by atoms with van der Waals surface area (Å²) in [5, 5.41) is 0.567. The predicted octanol–water partition coefficient (Wildman–Crippen LogP) is 3.09. The van der Waals surface area contributed by atoms with Crippen LogP contribution >= 0.6 is 15.9 Å². The van der Waals surface area contributed by atoms with Gasteiger partial charge in [0.25, 0.3) is 0 Å². The van der Waals surface area contributed by atoms with Gasteiger partial charge in [0.1, 0.15) is 0 Å². The number of halogens is 1. The van der Waals surface area contributed by atoms with E-state index >= 15 is 0 Å². The Morgan fingerprint density at radius 3 is 2.33 bits per heavy atom. The molecule has 18 heavy (non-hydrogen) atoms. The van der Waals surface area contributed by atoms with E-state index in [-0.39, 0.29) is 11.8 Å². The van der Waals surface area contributed by atoms with Crippen molar-refractivity contribution in [1.29, 1.82) is 0 Å². The van der Waals surface area contributed by atoms with Gasteiger partial charge < -0.3 is 0 Å². The van der Waals surface area contributed by atoms with Gasteiger partial charge in [-0.2, -0.15) is 0 Å². The summed E-state index contributed by atoms with van der Waals surface area (Å²) in [6.45, 7) is 4.05. The van der Waals surface area contributed by atoms with E-state index in [1.54, 1.807) is 0 Å². The van der Waals surface area contributed by atoms with Gasteiger partial charge in [0, 0.05) is 5.33 Å². The van der Waals surface area contributed by atoms with E-state index in [0.29, 0.717) is 17.7 Å². The lowest BCUT2D eigenvalue weighted by molar-refractivity contribution is 0.551. The number of rotatable bonds is 7. The molecule has 3 nitrogen and oxygen atoms in total. The molecule has 1 atom stereocenters. The van der Waals surface area contributed by atoms with Crippen molar-refractivity contribution < 1.29 is 8.42 Å². The number of alkyl halides is 1. The topological polar surface area (TPSA) is 46.2 Å². The normalized spacial score (nSPS) is 13.8. The molecule has 1 aromatic carbocycles. The van der Waals surface area contributed by atoms with Gasteiger partial charge in [-0.3, -0.25) is 0 Å². The minimum atomic E-state index is -3.22. The number of hydrogen-bond donors (Lipinski definition) is 1. The molecule has 0 radical (unpaired) electrons. The Bertz CT molecular complexity index is 445. The summed E-state index contributed by atoms with van der Waals surface area (Å²) in [6.07, 6.45) is 0.680. The first-order valence-electron chi connectivity index (χ1n) is 6.05. The first kappa shape index (κ1) is 15.7. The predicted molar refractivity (Wildman–Crippen MR) is 79.4 cm³/mol. The average Bonchev–Trinajstić information content (AvgIpc) is 2.35. The monoisotopic (exact) mass is 333 g/mol. The van der Waals surface area contributed by atoms with E-state index in [4.69, 9.17) is 0 Å². The summed E-state index contributed by atoms with van der Waals surface area (Å²) in [6, 6.07) is 9.39. The molecule has 0 aliphatic heterocycles. The second-order valence-electron chi connectivity index (χ2n) is 4.74. The van der Waals surface area contributed by atoms with Crippen molar-refractivity contribution in [2.45, 2.75) is 26.3 Å².